The zero-order chi connectivity index (χ0) is 44.4. The van der Waals surface area contributed by atoms with Crippen LogP contribution < -0.4 is 0 Å². The number of hydrogen-bond acceptors (Lipinski definition) is 10. The van der Waals surface area contributed by atoms with Crippen molar-refractivity contribution in [1.29, 1.82) is 0 Å². The highest BCUT2D eigenvalue weighted by molar-refractivity contribution is 5.70. The average Bonchev–Trinajstić information content (AvgIpc) is 3.26. The molecule has 0 radical (unpaired) electrons. The summed E-state index contributed by atoms with van der Waals surface area (Å²) in [5.41, 5.74) is 0. The summed E-state index contributed by atoms with van der Waals surface area (Å²) in [5, 5.41) is 40.2. The standard InChI is InChI=1S/C51H96O10/c1-3-5-7-9-11-13-15-17-19-20-21-22-23-24-25-26-28-29-31-33-35-37-39-46(53)58-42-44(43-59-51-50(57)49(56)48(55)45(41-52)61-51)60-47(54)40-38-36-34-32-30-27-18-16-14-12-10-8-6-4-2/h16,18,44-45,48-52,55-57H,3-15,17,19-43H2,1-2H3/b18-16+/t44-,45-,48+,49?,50?,51-/m0/s1. The van der Waals surface area contributed by atoms with Gasteiger partial charge < -0.3 is 39.4 Å². The topological polar surface area (TPSA) is 152 Å². The van der Waals surface area contributed by atoms with E-state index >= 15 is 0 Å². The Morgan fingerprint density at radius 3 is 1.28 bits per heavy atom. The van der Waals surface area contributed by atoms with E-state index in [2.05, 4.69) is 26.0 Å². The van der Waals surface area contributed by atoms with E-state index in [-0.39, 0.29) is 32.0 Å². The lowest BCUT2D eigenvalue weighted by Gasteiger charge is -2.39. The third-order valence-corrected chi connectivity index (χ3v) is 12.2. The molecule has 4 N–H and O–H groups in total. The highest BCUT2D eigenvalue weighted by Crippen LogP contribution is 2.23. The van der Waals surface area contributed by atoms with Crippen LogP contribution in [0.2, 0.25) is 0 Å². The summed E-state index contributed by atoms with van der Waals surface area (Å²) in [6.45, 7) is 3.45. The van der Waals surface area contributed by atoms with Gasteiger partial charge in [-0.1, -0.05) is 206 Å². The van der Waals surface area contributed by atoms with Crippen molar-refractivity contribution in [1.82, 2.24) is 0 Å². The highest BCUT2D eigenvalue weighted by atomic mass is 16.7. The zero-order valence-electron chi connectivity index (χ0n) is 39.4. The van der Waals surface area contributed by atoms with Gasteiger partial charge in [0.1, 0.15) is 31.0 Å². The maximum absolute atomic E-state index is 12.8. The fourth-order valence-electron chi connectivity index (χ4n) is 8.07. The van der Waals surface area contributed by atoms with Crippen molar-refractivity contribution in [2.75, 3.05) is 19.8 Å². The van der Waals surface area contributed by atoms with Crippen molar-refractivity contribution in [3.05, 3.63) is 12.2 Å². The minimum Gasteiger partial charge on any atom is -0.462 e. The molecule has 1 rings (SSSR count). The van der Waals surface area contributed by atoms with E-state index in [1.165, 1.54) is 161 Å². The SMILES string of the molecule is CCCCCCC/C=C/CCCCCCCC(=O)O[C@@H](COC(=O)CCCCCCCCCCCCCCCCCCCCCCCC)CO[C@H]1O[C@@H](CO)[C@@H](O)C(O)C1O. The van der Waals surface area contributed by atoms with Crippen LogP contribution in [0, 0.1) is 0 Å². The van der Waals surface area contributed by atoms with Gasteiger partial charge in [0.25, 0.3) is 0 Å². The first-order valence-electron chi connectivity index (χ1n) is 25.8. The number of carbonyl (C=O) groups is 2. The lowest BCUT2D eigenvalue weighted by atomic mass is 9.99. The zero-order valence-corrected chi connectivity index (χ0v) is 39.4. The average molecular weight is 869 g/mol. The van der Waals surface area contributed by atoms with Crippen LogP contribution in [0.15, 0.2) is 12.2 Å². The van der Waals surface area contributed by atoms with Gasteiger partial charge in [-0.2, -0.15) is 0 Å². The molecule has 0 aliphatic carbocycles. The van der Waals surface area contributed by atoms with E-state index in [1.54, 1.807) is 0 Å². The van der Waals surface area contributed by atoms with Crippen molar-refractivity contribution in [2.24, 2.45) is 0 Å². The number of rotatable bonds is 44. The van der Waals surface area contributed by atoms with Gasteiger partial charge in [-0.15, -0.1) is 0 Å². The number of unbranched alkanes of at least 4 members (excludes halogenated alkanes) is 31. The molecule has 10 heteroatoms. The molecule has 1 fully saturated rings. The highest BCUT2D eigenvalue weighted by Gasteiger charge is 2.44. The molecule has 1 aliphatic rings. The number of ether oxygens (including phenoxy) is 4. The molecule has 1 saturated heterocycles. The molecule has 0 bridgehead atoms. The third kappa shape index (κ3) is 33.6. The molecule has 0 saturated carbocycles. The molecule has 0 aromatic heterocycles. The molecule has 0 spiro atoms. The number of allylic oxidation sites excluding steroid dienone is 2. The second kappa shape index (κ2) is 42.4. The maximum atomic E-state index is 12.8. The summed E-state index contributed by atoms with van der Waals surface area (Å²) < 4.78 is 22.2. The molecule has 0 aromatic carbocycles. The monoisotopic (exact) mass is 869 g/mol. The predicted molar refractivity (Wildman–Crippen MR) is 247 cm³/mol. The number of hydrogen-bond donors (Lipinski definition) is 4. The van der Waals surface area contributed by atoms with Gasteiger partial charge >= 0.3 is 11.9 Å². The molecule has 61 heavy (non-hydrogen) atoms. The Labute approximate surface area is 373 Å². The molecule has 6 atom stereocenters. The van der Waals surface area contributed by atoms with E-state index in [4.69, 9.17) is 18.9 Å². The van der Waals surface area contributed by atoms with Crippen molar-refractivity contribution in [3.8, 4) is 0 Å². The lowest BCUT2D eigenvalue weighted by Crippen LogP contribution is -2.59. The third-order valence-electron chi connectivity index (χ3n) is 12.2. The first-order chi connectivity index (χ1) is 29.8. The molecule has 360 valence electrons. The molecule has 0 amide bonds. The van der Waals surface area contributed by atoms with Crippen LogP contribution in [-0.2, 0) is 28.5 Å². The molecule has 1 heterocycles. The Hall–Kier alpha value is -1.56. The normalized spacial score (nSPS) is 19.7. The van der Waals surface area contributed by atoms with E-state index < -0.39 is 49.4 Å². The molecule has 1 aliphatic heterocycles. The number of aliphatic hydroxyl groups is 4. The fourth-order valence-corrected chi connectivity index (χ4v) is 8.07. The van der Waals surface area contributed by atoms with E-state index in [0.717, 1.165) is 51.4 Å². The van der Waals surface area contributed by atoms with Crippen LogP contribution in [0.1, 0.15) is 245 Å². The quantitative estimate of drug-likeness (QED) is 0.0264. The van der Waals surface area contributed by atoms with E-state index in [1.807, 2.05) is 0 Å². The number of carbonyl (C=O) groups excluding carboxylic acids is 2. The van der Waals surface area contributed by atoms with Gasteiger partial charge in [0.05, 0.1) is 13.2 Å². The van der Waals surface area contributed by atoms with Crippen LogP contribution in [-0.4, -0.2) is 89.0 Å². The van der Waals surface area contributed by atoms with Crippen LogP contribution in [0.3, 0.4) is 0 Å². The van der Waals surface area contributed by atoms with Gasteiger partial charge in [0.15, 0.2) is 12.4 Å². The minimum atomic E-state index is -1.59. The molecule has 2 unspecified atom stereocenters. The number of aliphatic hydroxyl groups excluding tert-OH is 4. The Kier molecular flexibility index (Phi) is 39.9. The second-order valence-electron chi connectivity index (χ2n) is 18.0. The van der Waals surface area contributed by atoms with Gasteiger partial charge in [0, 0.05) is 12.8 Å². The van der Waals surface area contributed by atoms with Crippen molar-refractivity contribution < 1.29 is 49.0 Å². The molecular weight excluding hydrogens is 773 g/mol. The van der Waals surface area contributed by atoms with Crippen molar-refractivity contribution in [2.45, 2.75) is 282 Å². The first kappa shape index (κ1) is 57.5. The van der Waals surface area contributed by atoms with Crippen LogP contribution in [0.25, 0.3) is 0 Å². The Balaban J connectivity index is 2.22. The number of esters is 2. The van der Waals surface area contributed by atoms with Crippen LogP contribution in [0.4, 0.5) is 0 Å². The molecule has 10 nitrogen and oxygen atoms in total. The molecular formula is C51H96O10. The smallest absolute Gasteiger partial charge is 0.306 e. The Bertz CT molecular complexity index is 1010. The van der Waals surface area contributed by atoms with Gasteiger partial charge in [-0.3, -0.25) is 9.59 Å². The minimum absolute atomic E-state index is 0.215. The summed E-state index contributed by atoms with van der Waals surface area (Å²) in [6, 6.07) is 0. The maximum Gasteiger partial charge on any atom is 0.306 e. The largest absolute Gasteiger partial charge is 0.462 e. The summed E-state index contributed by atoms with van der Waals surface area (Å²) >= 11 is 0. The van der Waals surface area contributed by atoms with Crippen LogP contribution >= 0.6 is 0 Å². The van der Waals surface area contributed by atoms with Crippen LogP contribution in [0.5, 0.6) is 0 Å². The van der Waals surface area contributed by atoms with Crippen molar-refractivity contribution >= 4 is 11.9 Å². The van der Waals surface area contributed by atoms with Gasteiger partial charge in [-0.25, -0.2) is 0 Å². The second-order valence-corrected chi connectivity index (χ2v) is 18.0. The van der Waals surface area contributed by atoms with Gasteiger partial charge in [-0.05, 0) is 38.5 Å². The summed E-state index contributed by atoms with van der Waals surface area (Å²) in [5.74, 6) is -0.802. The van der Waals surface area contributed by atoms with E-state index in [0.29, 0.717) is 6.42 Å². The van der Waals surface area contributed by atoms with Crippen molar-refractivity contribution in [3.63, 3.8) is 0 Å². The molecule has 0 aromatic rings. The first-order valence-corrected chi connectivity index (χ1v) is 25.8. The van der Waals surface area contributed by atoms with E-state index in [9.17, 15) is 30.0 Å². The Morgan fingerprint density at radius 2 is 0.869 bits per heavy atom. The van der Waals surface area contributed by atoms with Gasteiger partial charge in [0.2, 0.25) is 0 Å². The Morgan fingerprint density at radius 1 is 0.492 bits per heavy atom. The predicted octanol–water partition coefficient (Wildman–Crippen LogP) is 11.9. The fraction of sp³-hybridized carbons (Fsp3) is 0.922. The summed E-state index contributed by atoms with van der Waals surface area (Å²) in [7, 11) is 0. The summed E-state index contributed by atoms with van der Waals surface area (Å²) in [6.07, 6.45) is 39.4. The lowest BCUT2D eigenvalue weighted by molar-refractivity contribution is -0.305. The summed E-state index contributed by atoms with van der Waals surface area (Å²) in [4.78, 5) is 25.4.